The zero-order valence-electron chi connectivity index (χ0n) is 16.0. The van der Waals surface area contributed by atoms with E-state index >= 15 is 0 Å². The second kappa shape index (κ2) is 9.75. The Hall–Kier alpha value is -2.31. The summed E-state index contributed by atoms with van der Waals surface area (Å²) in [6.07, 6.45) is 2.62. The van der Waals surface area contributed by atoms with E-state index in [-0.39, 0.29) is 5.91 Å². The average molecular weight is 414 g/mol. The first-order valence-corrected chi connectivity index (χ1v) is 10.5. The van der Waals surface area contributed by atoms with Gasteiger partial charge >= 0.3 is 0 Å². The first kappa shape index (κ1) is 20.4. The molecule has 146 valence electrons. The van der Waals surface area contributed by atoms with Gasteiger partial charge in [-0.05, 0) is 44.0 Å². The van der Waals surface area contributed by atoms with Crippen LogP contribution in [0.15, 0.2) is 53.4 Å². The Balaban J connectivity index is 1.77. The lowest BCUT2D eigenvalue weighted by Gasteiger charge is -2.14. The van der Waals surface area contributed by atoms with E-state index in [0.717, 1.165) is 17.7 Å². The van der Waals surface area contributed by atoms with Crippen molar-refractivity contribution in [2.45, 2.75) is 20.3 Å². The van der Waals surface area contributed by atoms with Crippen molar-refractivity contribution in [3.63, 3.8) is 0 Å². The summed E-state index contributed by atoms with van der Waals surface area (Å²) in [4.78, 5) is 15.2. The molecule has 0 radical (unpaired) electrons. The van der Waals surface area contributed by atoms with E-state index in [9.17, 15) is 4.79 Å². The van der Waals surface area contributed by atoms with Gasteiger partial charge in [0.25, 0.3) is 5.91 Å². The average Bonchev–Trinajstić information content (AvgIpc) is 2.96. The van der Waals surface area contributed by atoms with Crippen LogP contribution in [0, 0.1) is 0 Å². The Morgan fingerprint density at radius 1 is 1.07 bits per heavy atom. The molecule has 1 saturated heterocycles. The van der Waals surface area contributed by atoms with Crippen molar-refractivity contribution < 1.29 is 14.3 Å². The minimum Gasteiger partial charge on any atom is -0.494 e. The number of hydrogen-bond acceptors (Lipinski definition) is 5. The topological polar surface area (TPSA) is 38.8 Å². The van der Waals surface area contributed by atoms with Gasteiger partial charge in [-0.2, -0.15) is 0 Å². The molecule has 1 fully saturated rings. The summed E-state index contributed by atoms with van der Waals surface area (Å²) in [6, 6.07) is 15.7. The first-order valence-electron chi connectivity index (χ1n) is 9.31. The summed E-state index contributed by atoms with van der Waals surface area (Å²) in [6.45, 7) is 5.57. The number of rotatable bonds is 8. The summed E-state index contributed by atoms with van der Waals surface area (Å²) < 4.78 is 11.9. The Bertz CT molecular complexity index is 881. The van der Waals surface area contributed by atoms with Gasteiger partial charge in [-0.15, -0.1) is 0 Å². The maximum Gasteiger partial charge on any atom is 0.266 e. The van der Waals surface area contributed by atoms with Crippen LogP contribution in [0.2, 0.25) is 0 Å². The van der Waals surface area contributed by atoms with Crippen LogP contribution >= 0.6 is 24.0 Å². The van der Waals surface area contributed by atoms with Crippen LogP contribution in [0.1, 0.15) is 25.0 Å². The number of carbonyl (C=O) groups excluding carboxylic acids is 1. The van der Waals surface area contributed by atoms with E-state index in [1.165, 1.54) is 17.3 Å². The van der Waals surface area contributed by atoms with Crippen molar-refractivity contribution in [1.29, 1.82) is 0 Å². The second-order valence-electron chi connectivity index (χ2n) is 6.13. The highest BCUT2D eigenvalue weighted by atomic mass is 32.2. The Kier molecular flexibility index (Phi) is 7.12. The molecule has 0 aliphatic carbocycles. The fourth-order valence-corrected chi connectivity index (χ4v) is 4.19. The van der Waals surface area contributed by atoms with Crippen LogP contribution in [0.3, 0.4) is 0 Å². The smallest absolute Gasteiger partial charge is 0.266 e. The van der Waals surface area contributed by atoms with Crippen LogP contribution in [0.4, 0.5) is 0 Å². The third-order valence-electron chi connectivity index (χ3n) is 4.22. The van der Waals surface area contributed by atoms with Crippen LogP contribution in [0.5, 0.6) is 11.5 Å². The molecular formula is C22H23NO3S2. The van der Waals surface area contributed by atoms with Gasteiger partial charge in [0.2, 0.25) is 0 Å². The van der Waals surface area contributed by atoms with Gasteiger partial charge in [0.1, 0.15) is 15.8 Å². The lowest BCUT2D eigenvalue weighted by molar-refractivity contribution is -0.122. The molecule has 3 rings (SSSR count). The van der Waals surface area contributed by atoms with E-state index in [2.05, 4.69) is 12.1 Å². The molecule has 1 aliphatic rings. The number of thioether (sulfide) groups is 1. The number of hydrogen-bond donors (Lipinski definition) is 0. The van der Waals surface area contributed by atoms with Crippen LogP contribution in [-0.2, 0) is 11.2 Å². The maximum atomic E-state index is 12.9. The van der Waals surface area contributed by atoms with Crippen molar-refractivity contribution in [2.75, 3.05) is 19.8 Å². The number of thiocarbonyl (C=S) groups is 1. The molecule has 4 nitrogen and oxygen atoms in total. The maximum absolute atomic E-state index is 12.9. The molecule has 0 aromatic heterocycles. The minimum atomic E-state index is -0.0535. The highest BCUT2D eigenvalue weighted by molar-refractivity contribution is 8.26. The van der Waals surface area contributed by atoms with Gasteiger partial charge in [0, 0.05) is 18.2 Å². The van der Waals surface area contributed by atoms with Crippen molar-refractivity contribution in [3.05, 3.63) is 64.6 Å². The van der Waals surface area contributed by atoms with E-state index in [1.54, 1.807) is 4.90 Å². The Morgan fingerprint density at radius 3 is 2.54 bits per heavy atom. The number of benzene rings is 2. The quantitative estimate of drug-likeness (QED) is 0.453. The molecule has 1 heterocycles. The molecule has 1 amide bonds. The van der Waals surface area contributed by atoms with Crippen LogP contribution < -0.4 is 9.47 Å². The molecule has 28 heavy (non-hydrogen) atoms. The predicted octanol–water partition coefficient (Wildman–Crippen LogP) is 4.93. The van der Waals surface area contributed by atoms with Crippen molar-refractivity contribution in [2.24, 2.45) is 0 Å². The summed E-state index contributed by atoms with van der Waals surface area (Å²) in [5.74, 6) is 1.39. The molecular weight excluding hydrogens is 390 g/mol. The lowest BCUT2D eigenvalue weighted by atomic mass is 10.1. The van der Waals surface area contributed by atoms with Crippen LogP contribution in [0.25, 0.3) is 6.08 Å². The van der Waals surface area contributed by atoms with Crippen molar-refractivity contribution >= 4 is 40.3 Å². The normalized spacial score (nSPS) is 15.4. The number of ether oxygens (including phenoxy) is 2. The molecule has 0 unspecified atom stereocenters. The van der Waals surface area contributed by atoms with E-state index in [4.69, 9.17) is 21.7 Å². The first-order chi connectivity index (χ1) is 13.6. The number of amides is 1. The third kappa shape index (κ3) is 4.94. The van der Waals surface area contributed by atoms with Crippen molar-refractivity contribution in [3.8, 4) is 11.5 Å². The molecule has 2 aromatic carbocycles. The molecule has 6 heteroatoms. The molecule has 0 bridgehead atoms. The van der Waals surface area contributed by atoms with Gasteiger partial charge in [-0.3, -0.25) is 9.69 Å². The minimum absolute atomic E-state index is 0.0535. The predicted molar refractivity (Wildman–Crippen MR) is 119 cm³/mol. The molecule has 0 atom stereocenters. The van der Waals surface area contributed by atoms with E-state index in [1.807, 2.05) is 56.3 Å². The lowest BCUT2D eigenvalue weighted by Crippen LogP contribution is -2.30. The summed E-state index contributed by atoms with van der Waals surface area (Å²) in [7, 11) is 0. The SMILES string of the molecule is CCOc1ccc(/C=C2/SC(=S)N(CCc3ccccc3)C2=O)c(OCC)c1. The van der Waals surface area contributed by atoms with Gasteiger partial charge in [0.05, 0.1) is 18.1 Å². The standard InChI is InChI=1S/C22H23NO3S2/c1-3-25-18-11-10-17(19(15-18)26-4-2)14-20-21(24)23(22(27)28-20)13-12-16-8-6-5-7-9-16/h5-11,14-15H,3-4,12-13H2,1-2H3/b20-14+. The molecule has 0 saturated carbocycles. The summed E-state index contributed by atoms with van der Waals surface area (Å²) >= 11 is 6.78. The van der Waals surface area contributed by atoms with Gasteiger partial charge in [-0.1, -0.05) is 54.3 Å². The number of nitrogens with zero attached hydrogens (tertiary/aromatic N) is 1. The number of carbonyl (C=O) groups is 1. The summed E-state index contributed by atoms with van der Waals surface area (Å²) in [5.41, 5.74) is 2.03. The van der Waals surface area contributed by atoms with Crippen LogP contribution in [-0.4, -0.2) is 34.9 Å². The Morgan fingerprint density at radius 2 is 1.82 bits per heavy atom. The summed E-state index contributed by atoms with van der Waals surface area (Å²) in [5, 5.41) is 0. The third-order valence-corrected chi connectivity index (χ3v) is 5.60. The van der Waals surface area contributed by atoms with E-state index < -0.39 is 0 Å². The molecule has 2 aromatic rings. The molecule has 1 aliphatic heterocycles. The van der Waals surface area contributed by atoms with E-state index in [0.29, 0.717) is 34.7 Å². The highest BCUT2D eigenvalue weighted by Gasteiger charge is 2.31. The molecule has 0 N–H and O–H groups in total. The Labute approximate surface area is 175 Å². The fraction of sp³-hybridized carbons (Fsp3) is 0.273. The molecule has 0 spiro atoms. The monoisotopic (exact) mass is 413 g/mol. The van der Waals surface area contributed by atoms with Gasteiger partial charge in [0.15, 0.2) is 0 Å². The largest absolute Gasteiger partial charge is 0.494 e. The zero-order valence-corrected chi connectivity index (χ0v) is 17.6. The fourth-order valence-electron chi connectivity index (χ4n) is 2.89. The zero-order chi connectivity index (χ0) is 19.9. The van der Waals surface area contributed by atoms with Gasteiger partial charge < -0.3 is 9.47 Å². The second-order valence-corrected chi connectivity index (χ2v) is 7.81. The van der Waals surface area contributed by atoms with Gasteiger partial charge in [-0.25, -0.2) is 0 Å². The van der Waals surface area contributed by atoms with Crippen molar-refractivity contribution in [1.82, 2.24) is 4.90 Å². The highest BCUT2D eigenvalue weighted by Crippen LogP contribution is 2.35.